The monoisotopic (exact) mass is 312 g/mol. The van der Waals surface area contributed by atoms with Crippen molar-refractivity contribution in [3.8, 4) is 5.75 Å². The fourth-order valence-electron chi connectivity index (χ4n) is 2.66. The van der Waals surface area contributed by atoms with Gasteiger partial charge in [0.25, 0.3) is 0 Å². The van der Waals surface area contributed by atoms with E-state index in [0.717, 1.165) is 42.7 Å². The van der Waals surface area contributed by atoms with Crippen molar-refractivity contribution in [2.75, 3.05) is 13.7 Å². The highest BCUT2D eigenvalue weighted by Gasteiger charge is 2.23. The van der Waals surface area contributed by atoms with Gasteiger partial charge in [-0.3, -0.25) is 4.79 Å². The number of ether oxygens (including phenoxy) is 1. The molecule has 2 rings (SSSR count). The molecule has 1 aromatic carbocycles. The molecule has 1 saturated heterocycles. The summed E-state index contributed by atoms with van der Waals surface area (Å²) < 4.78 is 5.38. The number of carbonyl (C=O) groups excluding carboxylic acids is 1. The molecule has 1 aromatic rings. The van der Waals surface area contributed by atoms with Gasteiger partial charge < -0.3 is 15.4 Å². The third-order valence-electron chi connectivity index (χ3n) is 3.84. The number of benzene rings is 1. The SMILES string of the molecule is COc1ccc(C)cc1C(C)NC(=O)[C@H]1CCCCN1.Cl. The van der Waals surface area contributed by atoms with E-state index in [1.165, 1.54) is 0 Å². The van der Waals surface area contributed by atoms with Gasteiger partial charge in [-0.1, -0.05) is 24.1 Å². The number of rotatable bonds is 4. The molecule has 0 aliphatic carbocycles. The molecule has 4 nitrogen and oxygen atoms in total. The number of amides is 1. The first-order valence-electron chi connectivity index (χ1n) is 7.30. The van der Waals surface area contributed by atoms with Crippen LogP contribution < -0.4 is 15.4 Å². The van der Waals surface area contributed by atoms with Crippen LogP contribution in [0.1, 0.15) is 43.4 Å². The Balaban J connectivity index is 0.00000220. The number of methoxy groups -OCH3 is 1. The van der Waals surface area contributed by atoms with Gasteiger partial charge in [-0.25, -0.2) is 0 Å². The molecule has 1 unspecified atom stereocenters. The molecule has 0 spiro atoms. The molecule has 21 heavy (non-hydrogen) atoms. The molecule has 0 bridgehead atoms. The summed E-state index contributed by atoms with van der Waals surface area (Å²) in [6, 6.07) is 5.92. The van der Waals surface area contributed by atoms with E-state index in [4.69, 9.17) is 4.74 Å². The van der Waals surface area contributed by atoms with E-state index in [9.17, 15) is 4.79 Å². The maximum Gasteiger partial charge on any atom is 0.237 e. The highest BCUT2D eigenvalue weighted by atomic mass is 35.5. The van der Waals surface area contributed by atoms with Crippen molar-refractivity contribution in [3.05, 3.63) is 29.3 Å². The van der Waals surface area contributed by atoms with E-state index in [2.05, 4.69) is 16.7 Å². The molecule has 1 amide bonds. The van der Waals surface area contributed by atoms with Crippen LogP contribution in [-0.2, 0) is 4.79 Å². The highest BCUT2D eigenvalue weighted by molar-refractivity contribution is 5.85. The number of piperidine rings is 1. The second-order valence-corrected chi connectivity index (χ2v) is 5.48. The van der Waals surface area contributed by atoms with E-state index >= 15 is 0 Å². The molecule has 0 radical (unpaired) electrons. The summed E-state index contributed by atoms with van der Waals surface area (Å²) in [7, 11) is 1.66. The molecule has 1 aliphatic rings. The Morgan fingerprint density at radius 2 is 2.19 bits per heavy atom. The summed E-state index contributed by atoms with van der Waals surface area (Å²) in [5.41, 5.74) is 2.19. The number of carbonyl (C=O) groups is 1. The minimum Gasteiger partial charge on any atom is -0.496 e. The first kappa shape index (κ1) is 17.8. The summed E-state index contributed by atoms with van der Waals surface area (Å²) in [6.07, 6.45) is 3.20. The number of halogens is 1. The summed E-state index contributed by atoms with van der Waals surface area (Å²) in [4.78, 5) is 12.3. The second-order valence-electron chi connectivity index (χ2n) is 5.48. The average molecular weight is 313 g/mol. The Labute approximate surface area is 133 Å². The number of hydrogen-bond donors (Lipinski definition) is 2. The summed E-state index contributed by atoms with van der Waals surface area (Å²) in [5.74, 6) is 0.903. The first-order valence-corrected chi connectivity index (χ1v) is 7.30. The zero-order valence-corrected chi connectivity index (χ0v) is 13.8. The molecular formula is C16H25ClN2O2. The smallest absolute Gasteiger partial charge is 0.237 e. The zero-order valence-electron chi connectivity index (χ0n) is 12.9. The fraction of sp³-hybridized carbons (Fsp3) is 0.562. The maximum atomic E-state index is 12.3. The van der Waals surface area contributed by atoms with E-state index in [-0.39, 0.29) is 30.4 Å². The Kier molecular flexibility index (Phi) is 6.99. The minimum absolute atomic E-state index is 0. The van der Waals surface area contributed by atoms with Gasteiger partial charge in [-0.2, -0.15) is 0 Å². The van der Waals surface area contributed by atoms with Crippen molar-refractivity contribution in [3.63, 3.8) is 0 Å². The highest BCUT2D eigenvalue weighted by Crippen LogP contribution is 2.26. The van der Waals surface area contributed by atoms with Gasteiger partial charge >= 0.3 is 0 Å². The Morgan fingerprint density at radius 3 is 2.81 bits per heavy atom. The number of hydrogen-bond acceptors (Lipinski definition) is 3. The van der Waals surface area contributed by atoms with Crippen molar-refractivity contribution in [2.24, 2.45) is 0 Å². The molecular weight excluding hydrogens is 288 g/mol. The quantitative estimate of drug-likeness (QED) is 0.899. The fourth-order valence-corrected chi connectivity index (χ4v) is 2.66. The van der Waals surface area contributed by atoms with Crippen LogP contribution in [0.25, 0.3) is 0 Å². The Hall–Kier alpha value is -1.26. The van der Waals surface area contributed by atoms with Crippen LogP contribution in [0.5, 0.6) is 5.75 Å². The van der Waals surface area contributed by atoms with Crippen molar-refractivity contribution in [1.29, 1.82) is 0 Å². The van der Waals surface area contributed by atoms with Crippen LogP contribution in [0.2, 0.25) is 0 Å². The standard InChI is InChI=1S/C16H24N2O2.ClH/c1-11-7-8-15(20-3)13(10-11)12(2)18-16(19)14-6-4-5-9-17-14;/h7-8,10,12,14,17H,4-6,9H2,1-3H3,(H,18,19);1H/t12?,14-;/m1./s1. The van der Waals surface area contributed by atoms with Crippen LogP contribution in [0.15, 0.2) is 18.2 Å². The predicted octanol–water partition coefficient (Wildman–Crippen LogP) is 2.74. The Morgan fingerprint density at radius 1 is 1.43 bits per heavy atom. The molecule has 0 aromatic heterocycles. The largest absolute Gasteiger partial charge is 0.496 e. The zero-order chi connectivity index (χ0) is 14.5. The van der Waals surface area contributed by atoms with Crippen molar-refractivity contribution < 1.29 is 9.53 Å². The van der Waals surface area contributed by atoms with E-state index in [1.54, 1.807) is 7.11 Å². The molecule has 1 aliphatic heterocycles. The first-order chi connectivity index (χ1) is 9.61. The lowest BCUT2D eigenvalue weighted by molar-refractivity contribution is -0.124. The Bertz CT molecular complexity index is 473. The van der Waals surface area contributed by atoms with Crippen LogP contribution in [0.3, 0.4) is 0 Å². The maximum absolute atomic E-state index is 12.3. The summed E-state index contributed by atoms with van der Waals surface area (Å²) >= 11 is 0. The van der Waals surface area contributed by atoms with E-state index in [1.807, 2.05) is 26.0 Å². The third kappa shape index (κ3) is 4.61. The van der Waals surface area contributed by atoms with E-state index in [0.29, 0.717) is 0 Å². The predicted molar refractivity (Wildman–Crippen MR) is 87.2 cm³/mol. The molecule has 1 fully saturated rings. The van der Waals surface area contributed by atoms with Gasteiger partial charge in [-0.05, 0) is 39.3 Å². The summed E-state index contributed by atoms with van der Waals surface area (Å²) in [5, 5.41) is 6.36. The molecule has 2 N–H and O–H groups in total. The minimum atomic E-state index is -0.0546. The van der Waals surface area contributed by atoms with Crippen molar-refractivity contribution >= 4 is 18.3 Å². The van der Waals surface area contributed by atoms with Crippen LogP contribution in [0.4, 0.5) is 0 Å². The summed E-state index contributed by atoms with van der Waals surface area (Å²) in [6.45, 7) is 4.97. The molecule has 5 heteroatoms. The van der Waals surface area contributed by atoms with Crippen LogP contribution in [-0.4, -0.2) is 25.6 Å². The lowest BCUT2D eigenvalue weighted by Crippen LogP contribution is -2.47. The molecule has 2 atom stereocenters. The topological polar surface area (TPSA) is 50.4 Å². The lowest BCUT2D eigenvalue weighted by atomic mass is 10.0. The molecule has 1 heterocycles. The van der Waals surface area contributed by atoms with Gasteiger partial charge in [0.15, 0.2) is 0 Å². The van der Waals surface area contributed by atoms with Crippen LogP contribution in [0, 0.1) is 6.92 Å². The van der Waals surface area contributed by atoms with Gasteiger partial charge in [0, 0.05) is 5.56 Å². The van der Waals surface area contributed by atoms with Crippen molar-refractivity contribution in [2.45, 2.75) is 45.2 Å². The van der Waals surface area contributed by atoms with Crippen molar-refractivity contribution in [1.82, 2.24) is 10.6 Å². The number of aryl methyl sites for hydroxylation is 1. The van der Waals surface area contributed by atoms with Gasteiger partial charge in [-0.15, -0.1) is 12.4 Å². The van der Waals surface area contributed by atoms with Gasteiger partial charge in [0.1, 0.15) is 5.75 Å². The van der Waals surface area contributed by atoms with Crippen LogP contribution >= 0.6 is 12.4 Å². The lowest BCUT2D eigenvalue weighted by Gasteiger charge is -2.25. The average Bonchev–Trinajstić information content (AvgIpc) is 2.48. The second kappa shape index (κ2) is 8.25. The normalized spacial score (nSPS) is 19.3. The van der Waals surface area contributed by atoms with E-state index < -0.39 is 0 Å². The van der Waals surface area contributed by atoms with Gasteiger partial charge in [0.2, 0.25) is 5.91 Å². The third-order valence-corrected chi connectivity index (χ3v) is 3.84. The van der Waals surface area contributed by atoms with Gasteiger partial charge in [0.05, 0.1) is 19.2 Å². The number of nitrogens with one attached hydrogen (secondary N) is 2. The molecule has 118 valence electrons. The molecule has 0 saturated carbocycles.